The number of anilines is 4. The van der Waals surface area contributed by atoms with Crippen LogP contribution < -0.4 is 10.2 Å². The van der Waals surface area contributed by atoms with Crippen molar-refractivity contribution in [3.8, 4) is 33.4 Å². The highest BCUT2D eigenvalue weighted by Gasteiger charge is 2.27. The van der Waals surface area contributed by atoms with Gasteiger partial charge in [-0.3, -0.25) is 0 Å². The summed E-state index contributed by atoms with van der Waals surface area (Å²) >= 11 is 0. The zero-order valence-electron chi connectivity index (χ0n) is 22.8. The standard InChI is InChI=1S/C39H26N2O/c1-2-9-25(10-3-1)26-18-20-27(21-19-26)41(35-16-7-17-36-38(35)33-15-8-24-40-39(33)42-36)34-23-22-31-29-12-5-4-11-28(29)30-13-6-14-32(34)37(30)31/h1-23,40H,24H2. The second kappa shape index (κ2) is 8.98. The first kappa shape index (κ1) is 23.2. The van der Waals surface area contributed by atoms with Crippen LogP contribution in [0.2, 0.25) is 0 Å². The summed E-state index contributed by atoms with van der Waals surface area (Å²) in [5.74, 6) is 0.829. The number of hydrogen-bond donors (Lipinski definition) is 1. The Morgan fingerprint density at radius 2 is 1.26 bits per heavy atom. The van der Waals surface area contributed by atoms with Crippen LogP contribution in [0.1, 0.15) is 5.56 Å². The fraction of sp³-hybridized carbons (Fsp3) is 0.0256. The SMILES string of the molecule is C1=Cc2c(oc3cccc(N(c4ccc(-c5ccccc5)cc4)c4ccc5c6c(cccc46)-c4ccccc4-5)c23)NC1. The third-order valence-electron chi connectivity index (χ3n) is 8.63. The summed E-state index contributed by atoms with van der Waals surface area (Å²) in [6, 6.07) is 45.9. The van der Waals surface area contributed by atoms with Crippen molar-refractivity contribution in [3.63, 3.8) is 0 Å². The molecule has 198 valence electrons. The van der Waals surface area contributed by atoms with Gasteiger partial charge in [-0.05, 0) is 69.1 Å². The molecule has 0 saturated heterocycles. The van der Waals surface area contributed by atoms with Gasteiger partial charge in [0.2, 0.25) is 5.88 Å². The molecule has 0 saturated carbocycles. The van der Waals surface area contributed by atoms with Crippen LogP contribution in [0.3, 0.4) is 0 Å². The van der Waals surface area contributed by atoms with Crippen molar-refractivity contribution in [1.29, 1.82) is 0 Å². The molecule has 2 heterocycles. The van der Waals surface area contributed by atoms with Crippen molar-refractivity contribution in [1.82, 2.24) is 0 Å². The average molecular weight is 539 g/mol. The molecule has 1 aliphatic carbocycles. The predicted molar refractivity (Wildman–Crippen MR) is 176 cm³/mol. The van der Waals surface area contributed by atoms with Gasteiger partial charge in [-0.25, -0.2) is 0 Å². The smallest absolute Gasteiger partial charge is 0.201 e. The van der Waals surface area contributed by atoms with Crippen molar-refractivity contribution in [2.75, 3.05) is 16.8 Å². The van der Waals surface area contributed by atoms with Crippen LogP contribution in [0, 0.1) is 0 Å². The molecule has 0 spiro atoms. The van der Waals surface area contributed by atoms with E-state index < -0.39 is 0 Å². The van der Waals surface area contributed by atoms with Gasteiger partial charge in [0.15, 0.2) is 0 Å². The Balaban J connectivity index is 1.32. The van der Waals surface area contributed by atoms with Crippen molar-refractivity contribution in [3.05, 3.63) is 139 Å². The summed E-state index contributed by atoms with van der Waals surface area (Å²) in [5, 5.41) is 7.06. The Labute approximate surface area is 244 Å². The van der Waals surface area contributed by atoms with Crippen molar-refractivity contribution in [2.24, 2.45) is 0 Å². The molecule has 0 fully saturated rings. The molecule has 7 aromatic rings. The first-order valence-corrected chi connectivity index (χ1v) is 14.4. The number of furan rings is 1. The lowest BCUT2D eigenvalue weighted by atomic mass is 9.99. The number of fused-ring (bicyclic) bond motifs is 6. The average Bonchev–Trinajstić information content (AvgIpc) is 3.60. The maximum Gasteiger partial charge on any atom is 0.201 e. The van der Waals surface area contributed by atoms with Gasteiger partial charge in [0.25, 0.3) is 0 Å². The molecule has 0 radical (unpaired) electrons. The number of benzene rings is 6. The van der Waals surface area contributed by atoms with E-state index in [4.69, 9.17) is 4.42 Å². The number of nitrogens with one attached hydrogen (secondary N) is 1. The summed E-state index contributed by atoms with van der Waals surface area (Å²) < 4.78 is 6.32. The minimum absolute atomic E-state index is 0.766. The van der Waals surface area contributed by atoms with E-state index in [1.807, 2.05) is 0 Å². The third-order valence-corrected chi connectivity index (χ3v) is 8.63. The van der Waals surface area contributed by atoms with E-state index in [2.05, 4.69) is 150 Å². The van der Waals surface area contributed by atoms with Crippen LogP contribution in [0.25, 0.3) is 61.2 Å². The van der Waals surface area contributed by atoms with E-state index in [9.17, 15) is 0 Å². The molecule has 1 N–H and O–H groups in total. The predicted octanol–water partition coefficient (Wildman–Crippen LogP) is 10.8. The van der Waals surface area contributed by atoms with Crippen LogP contribution in [0.5, 0.6) is 0 Å². The van der Waals surface area contributed by atoms with E-state index in [1.165, 1.54) is 44.2 Å². The van der Waals surface area contributed by atoms with E-state index in [1.54, 1.807) is 0 Å². The van der Waals surface area contributed by atoms with Gasteiger partial charge in [-0.1, -0.05) is 109 Å². The summed E-state index contributed by atoms with van der Waals surface area (Å²) in [7, 11) is 0. The summed E-state index contributed by atoms with van der Waals surface area (Å²) in [6.07, 6.45) is 4.34. The minimum atomic E-state index is 0.766. The maximum atomic E-state index is 6.32. The lowest BCUT2D eigenvalue weighted by Crippen LogP contribution is -2.11. The molecule has 1 aliphatic heterocycles. The molecular formula is C39H26N2O. The second-order valence-electron chi connectivity index (χ2n) is 10.9. The van der Waals surface area contributed by atoms with Gasteiger partial charge in [0.05, 0.1) is 16.8 Å². The van der Waals surface area contributed by atoms with Crippen LogP contribution in [-0.2, 0) is 0 Å². The molecule has 1 aromatic heterocycles. The second-order valence-corrected chi connectivity index (χ2v) is 10.9. The Kier molecular flexibility index (Phi) is 4.96. The van der Waals surface area contributed by atoms with Crippen LogP contribution in [0.4, 0.5) is 22.9 Å². The first-order chi connectivity index (χ1) is 20.8. The maximum absolute atomic E-state index is 6.32. The fourth-order valence-electron chi connectivity index (χ4n) is 6.79. The van der Waals surface area contributed by atoms with E-state index in [0.29, 0.717) is 0 Å². The lowest BCUT2D eigenvalue weighted by molar-refractivity contribution is 0.628. The largest absolute Gasteiger partial charge is 0.440 e. The van der Waals surface area contributed by atoms with Gasteiger partial charge < -0.3 is 14.6 Å². The molecule has 0 atom stereocenters. The Bertz CT molecular complexity index is 2160. The highest BCUT2D eigenvalue weighted by atomic mass is 16.3. The van der Waals surface area contributed by atoms with Gasteiger partial charge in [-0.15, -0.1) is 0 Å². The zero-order chi connectivity index (χ0) is 27.6. The molecule has 0 bridgehead atoms. The van der Waals surface area contributed by atoms with Gasteiger partial charge in [0, 0.05) is 23.2 Å². The van der Waals surface area contributed by atoms with Crippen molar-refractivity contribution in [2.45, 2.75) is 0 Å². The quantitative estimate of drug-likeness (QED) is 0.242. The van der Waals surface area contributed by atoms with Crippen LogP contribution in [0.15, 0.2) is 138 Å². The molecular weight excluding hydrogens is 512 g/mol. The summed E-state index contributed by atoms with van der Waals surface area (Å²) in [6.45, 7) is 0.766. The minimum Gasteiger partial charge on any atom is -0.440 e. The normalized spacial score (nSPS) is 12.8. The summed E-state index contributed by atoms with van der Waals surface area (Å²) in [4.78, 5) is 2.40. The van der Waals surface area contributed by atoms with Gasteiger partial charge in [-0.2, -0.15) is 0 Å². The molecule has 0 unspecified atom stereocenters. The van der Waals surface area contributed by atoms with Crippen molar-refractivity contribution >= 4 is 50.8 Å². The Morgan fingerprint density at radius 3 is 2.10 bits per heavy atom. The highest BCUT2D eigenvalue weighted by molar-refractivity contribution is 6.20. The monoisotopic (exact) mass is 538 g/mol. The van der Waals surface area contributed by atoms with Crippen molar-refractivity contribution < 1.29 is 4.42 Å². The lowest BCUT2D eigenvalue weighted by Gasteiger charge is -2.28. The molecule has 9 rings (SSSR count). The van der Waals surface area contributed by atoms with Gasteiger partial charge >= 0.3 is 0 Å². The number of hydrogen-bond acceptors (Lipinski definition) is 3. The number of rotatable bonds is 4. The van der Waals surface area contributed by atoms with E-state index >= 15 is 0 Å². The first-order valence-electron chi connectivity index (χ1n) is 14.4. The molecule has 6 aromatic carbocycles. The number of nitrogens with zero attached hydrogens (tertiary/aromatic N) is 1. The molecule has 3 heteroatoms. The fourth-order valence-corrected chi connectivity index (χ4v) is 6.79. The highest BCUT2D eigenvalue weighted by Crippen LogP contribution is 2.52. The molecule has 0 amide bonds. The zero-order valence-corrected chi connectivity index (χ0v) is 22.8. The van der Waals surface area contributed by atoms with Gasteiger partial charge in [0.1, 0.15) is 5.58 Å². The van der Waals surface area contributed by atoms with Crippen LogP contribution >= 0.6 is 0 Å². The molecule has 3 nitrogen and oxygen atoms in total. The van der Waals surface area contributed by atoms with E-state index in [0.717, 1.165) is 46.0 Å². The summed E-state index contributed by atoms with van der Waals surface area (Å²) in [5.41, 5.74) is 12.9. The Hall–Kier alpha value is -5.54. The molecule has 42 heavy (non-hydrogen) atoms. The Morgan fingerprint density at radius 1 is 0.548 bits per heavy atom. The molecule has 2 aliphatic rings. The van der Waals surface area contributed by atoms with Crippen LogP contribution in [-0.4, -0.2) is 6.54 Å². The van der Waals surface area contributed by atoms with E-state index in [-0.39, 0.29) is 0 Å². The topological polar surface area (TPSA) is 28.4 Å². The third kappa shape index (κ3) is 3.34.